The van der Waals surface area contributed by atoms with Crippen LogP contribution in [0.3, 0.4) is 0 Å². The quantitative estimate of drug-likeness (QED) is 0.932. The molecular weight excluding hydrogens is 322 g/mol. The molecule has 2 aromatic rings. The molecule has 6 heteroatoms. The van der Waals surface area contributed by atoms with E-state index in [1.54, 1.807) is 6.07 Å². The van der Waals surface area contributed by atoms with Crippen molar-refractivity contribution in [2.24, 2.45) is 0 Å². The van der Waals surface area contributed by atoms with Gasteiger partial charge in [0.05, 0.1) is 5.69 Å². The summed E-state index contributed by atoms with van der Waals surface area (Å²) in [7, 11) is 0. The number of carbonyl (C=O) groups is 1. The van der Waals surface area contributed by atoms with Gasteiger partial charge >= 0.3 is 0 Å². The molecule has 0 aliphatic heterocycles. The van der Waals surface area contributed by atoms with Crippen LogP contribution in [0.25, 0.3) is 0 Å². The van der Waals surface area contributed by atoms with Crippen molar-refractivity contribution in [2.45, 2.75) is 13.8 Å². The topological polar surface area (TPSA) is 64.1 Å². The Labute approximate surface area is 125 Å². The number of carbonyl (C=O) groups excluding carboxylic acids is 1. The number of hydrogen-bond donors (Lipinski definition) is 1. The minimum atomic E-state index is -0.245. The summed E-state index contributed by atoms with van der Waals surface area (Å²) in [5.74, 6) is 0.140. The van der Waals surface area contributed by atoms with Gasteiger partial charge < -0.3 is 10.1 Å². The molecule has 0 atom stereocenters. The Morgan fingerprint density at radius 1 is 1.30 bits per heavy atom. The summed E-state index contributed by atoms with van der Waals surface area (Å²) >= 11 is 3.41. The predicted molar refractivity (Wildman–Crippen MR) is 79.8 cm³/mol. The number of aryl methyl sites for hydroxylation is 2. The lowest BCUT2D eigenvalue weighted by atomic mass is 10.2. The number of nitrogens with one attached hydrogen (secondary N) is 1. The second-order valence-electron chi connectivity index (χ2n) is 4.32. The number of rotatable bonds is 4. The van der Waals surface area contributed by atoms with Gasteiger partial charge in [0, 0.05) is 16.2 Å². The predicted octanol–water partition coefficient (Wildman–Crippen LogP) is 2.87. The molecule has 1 amide bonds. The molecule has 0 spiro atoms. The zero-order valence-corrected chi connectivity index (χ0v) is 12.8. The monoisotopic (exact) mass is 335 g/mol. The van der Waals surface area contributed by atoms with E-state index in [1.807, 2.05) is 32.0 Å². The number of amides is 1. The Bertz CT molecular complexity index is 632. The minimum absolute atomic E-state index is 0.100. The van der Waals surface area contributed by atoms with Crippen LogP contribution in [-0.2, 0) is 4.79 Å². The zero-order chi connectivity index (χ0) is 14.5. The molecule has 104 valence electrons. The molecule has 5 nitrogen and oxygen atoms in total. The molecule has 0 unspecified atom stereocenters. The second-order valence-corrected chi connectivity index (χ2v) is 5.17. The first-order chi connectivity index (χ1) is 9.54. The van der Waals surface area contributed by atoms with Gasteiger partial charge in [0.15, 0.2) is 6.61 Å². The standard InChI is InChI=1S/C14H14BrN3O2/c1-9-3-4-12(11(15)5-9)18-13(19)7-20-14-6-10(2)16-8-17-14/h3-6,8H,7H2,1-2H3,(H,18,19). The average molecular weight is 336 g/mol. The van der Waals surface area contributed by atoms with E-state index in [2.05, 4.69) is 31.2 Å². The summed E-state index contributed by atoms with van der Waals surface area (Å²) in [6.45, 7) is 3.71. The molecular formula is C14H14BrN3O2. The fraction of sp³-hybridized carbons (Fsp3) is 0.214. The van der Waals surface area contributed by atoms with Crippen molar-refractivity contribution in [3.05, 3.63) is 46.3 Å². The Hall–Kier alpha value is -1.95. The largest absolute Gasteiger partial charge is 0.467 e. The molecule has 0 saturated carbocycles. The van der Waals surface area contributed by atoms with Gasteiger partial charge in [-0.25, -0.2) is 9.97 Å². The van der Waals surface area contributed by atoms with Crippen molar-refractivity contribution in [2.75, 3.05) is 11.9 Å². The lowest BCUT2D eigenvalue weighted by molar-refractivity contribution is -0.118. The molecule has 0 fully saturated rings. The maximum absolute atomic E-state index is 11.8. The normalized spacial score (nSPS) is 10.2. The molecule has 2 rings (SSSR count). The van der Waals surface area contributed by atoms with Gasteiger partial charge in [0.2, 0.25) is 5.88 Å². The Morgan fingerprint density at radius 3 is 2.80 bits per heavy atom. The zero-order valence-electron chi connectivity index (χ0n) is 11.2. The molecule has 1 aromatic carbocycles. The first-order valence-electron chi connectivity index (χ1n) is 6.02. The molecule has 20 heavy (non-hydrogen) atoms. The molecule has 0 radical (unpaired) electrons. The minimum Gasteiger partial charge on any atom is -0.467 e. The van der Waals surface area contributed by atoms with E-state index >= 15 is 0 Å². The molecule has 1 aromatic heterocycles. The van der Waals surface area contributed by atoms with Crippen molar-refractivity contribution < 1.29 is 9.53 Å². The fourth-order valence-corrected chi connectivity index (χ4v) is 2.15. The van der Waals surface area contributed by atoms with Gasteiger partial charge in [-0.1, -0.05) is 6.07 Å². The van der Waals surface area contributed by atoms with E-state index in [4.69, 9.17) is 4.74 Å². The molecule has 0 saturated heterocycles. The van der Waals surface area contributed by atoms with Gasteiger partial charge in [-0.15, -0.1) is 0 Å². The van der Waals surface area contributed by atoms with Gasteiger partial charge in [-0.2, -0.15) is 0 Å². The first-order valence-corrected chi connectivity index (χ1v) is 6.81. The van der Waals surface area contributed by atoms with E-state index in [0.29, 0.717) is 11.6 Å². The number of aromatic nitrogens is 2. The average Bonchev–Trinajstić information content (AvgIpc) is 2.40. The smallest absolute Gasteiger partial charge is 0.262 e. The van der Waals surface area contributed by atoms with E-state index < -0.39 is 0 Å². The molecule has 1 N–H and O–H groups in total. The van der Waals surface area contributed by atoms with Crippen LogP contribution in [0.4, 0.5) is 5.69 Å². The van der Waals surface area contributed by atoms with E-state index in [-0.39, 0.29) is 12.5 Å². The van der Waals surface area contributed by atoms with Crippen LogP contribution >= 0.6 is 15.9 Å². The van der Waals surface area contributed by atoms with Crippen LogP contribution in [0.5, 0.6) is 5.88 Å². The highest BCUT2D eigenvalue weighted by Crippen LogP contribution is 2.23. The van der Waals surface area contributed by atoms with Gasteiger partial charge in [0.25, 0.3) is 5.91 Å². The van der Waals surface area contributed by atoms with Crippen LogP contribution in [-0.4, -0.2) is 22.5 Å². The Morgan fingerprint density at radius 2 is 2.10 bits per heavy atom. The van der Waals surface area contributed by atoms with Crippen molar-refractivity contribution in [1.29, 1.82) is 0 Å². The third-order valence-electron chi connectivity index (χ3n) is 2.53. The van der Waals surface area contributed by atoms with Gasteiger partial charge in [0.1, 0.15) is 6.33 Å². The molecule has 0 aliphatic carbocycles. The van der Waals surface area contributed by atoms with Gasteiger partial charge in [-0.3, -0.25) is 4.79 Å². The van der Waals surface area contributed by atoms with Crippen LogP contribution in [0.1, 0.15) is 11.3 Å². The Kier molecular flexibility index (Phi) is 4.68. The summed E-state index contributed by atoms with van der Waals surface area (Å²) < 4.78 is 6.14. The number of nitrogens with zero attached hydrogens (tertiary/aromatic N) is 2. The van der Waals surface area contributed by atoms with E-state index in [0.717, 1.165) is 15.7 Å². The summed E-state index contributed by atoms with van der Waals surface area (Å²) in [5, 5.41) is 2.77. The number of hydrogen-bond acceptors (Lipinski definition) is 4. The maximum Gasteiger partial charge on any atom is 0.262 e. The van der Waals surface area contributed by atoms with Crippen molar-refractivity contribution in [1.82, 2.24) is 9.97 Å². The van der Waals surface area contributed by atoms with Crippen LogP contribution in [0.2, 0.25) is 0 Å². The fourth-order valence-electron chi connectivity index (χ4n) is 1.56. The van der Waals surface area contributed by atoms with Crippen LogP contribution < -0.4 is 10.1 Å². The highest BCUT2D eigenvalue weighted by Gasteiger charge is 2.07. The molecule has 1 heterocycles. The first kappa shape index (κ1) is 14.5. The third-order valence-corrected chi connectivity index (χ3v) is 3.18. The molecule has 0 bridgehead atoms. The molecule has 0 aliphatic rings. The number of ether oxygens (including phenoxy) is 1. The number of benzene rings is 1. The van der Waals surface area contributed by atoms with Crippen molar-refractivity contribution >= 4 is 27.5 Å². The summed E-state index contributed by atoms with van der Waals surface area (Å²) in [6, 6.07) is 7.38. The number of halogens is 1. The van der Waals surface area contributed by atoms with Crippen LogP contribution in [0.15, 0.2) is 35.1 Å². The van der Waals surface area contributed by atoms with Crippen molar-refractivity contribution in [3.63, 3.8) is 0 Å². The summed E-state index contributed by atoms with van der Waals surface area (Å²) in [4.78, 5) is 19.7. The third kappa shape index (κ3) is 4.03. The lowest BCUT2D eigenvalue weighted by Crippen LogP contribution is -2.20. The Balaban J connectivity index is 1.92. The lowest BCUT2D eigenvalue weighted by Gasteiger charge is -2.09. The van der Waals surface area contributed by atoms with Crippen molar-refractivity contribution in [3.8, 4) is 5.88 Å². The SMILES string of the molecule is Cc1ccc(NC(=O)COc2cc(C)ncn2)c(Br)c1. The van der Waals surface area contributed by atoms with E-state index in [1.165, 1.54) is 6.33 Å². The van der Waals surface area contributed by atoms with Crippen LogP contribution in [0, 0.1) is 13.8 Å². The number of anilines is 1. The summed E-state index contributed by atoms with van der Waals surface area (Å²) in [5.41, 5.74) is 2.61. The second kappa shape index (κ2) is 6.47. The highest BCUT2D eigenvalue weighted by atomic mass is 79.9. The van der Waals surface area contributed by atoms with E-state index in [9.17, 15) is 4.79 Å². The van der Waals surface area contributed by atoms with Gasteiger partial charge in [-0.05, 0) is 47.5 Å². The summed E-state index contributed by atoms with van der Waals surface area (Å²) in [6.07, 6.45) is 1.40. The maximum atomic E-state index is 11.8. The highest BCUT2D eigenvalue weighted by molar-refractivity contribution is 9.10.